The van der Waals surface area contributed by atoms with E-state index in [-0.39, 0.29) is 22.8 Å². The first kappa shape index (κ1) is 25.0. The fraction of sp³-hybridized carbons (Fsp3) is 0.435. The van der Waals surface area contributed by atoms with Gasteiger partial charge in [-0.25, -0.2) is 8.42 Å². The van der Waals surface area contributed by atoms with E-state index in [4.69, 9.17) is 0 Å². The number of nitrogens with one attached hydrogen (secondary N) is 1. The van der Waals surface area contributed by atoms with Gasteiger partial charge in [-0.05, 0) is 45.9 Å². The van der Waals surface area contributed by atoms with Crippen molar-refractivity contribution in [1.82, 2.24) is 20.1 Å². The quantitative estimate of drug-likeness (QED) is 0.503. The number of hydrogen-bond donors (Lipinski definition) is 2. The number of pyridine rings is 1. The second kappa shape index (κ2) is 8.52. The van der Waals surface area contributed by atoms with Crippen molar-refractivity contribution in [3.8, 4) is 17.0 Å². The molecule has 2 N–H and O–H groups in total. The molecule has 3 heterocycles. The Kier molecular flexibility index (Phi) is 6.08. The summed E-state index contributed by atoms with van der Waals surface area (Å²) in [7, 11) is -3.15. The zero-order valence-electron chi connectivity index (χ0n) is 19.6. The van der Waals surface area contributed by atoms with Crippen molar-refractivity contribution in [3.05, 3.63) is 42.1 Å². The molecule has 1 aromatic carbocycles. The molecule has 0 saturated carbocycles. The third kappa shape index (κ3) is 5.13. The van der Waals surface area contributed by atoms with Gasteiger partial charge in [0.2, 0.25) is 0 Å². The number of alkyl halides is 2. The van der Waals surface area contributed by atoms with E-state index in [0.29, 0.717) is 22.3 Å². The van der Waals surface area contributed by atoms with Gasteiger partial charge in [0.25, 0.3) is 5.91 Å². The summed E-state index contributed by atoms with van der Waals surface area (Å²) in [5.74, 6) is -0.822. The molecule has 12 heteroatoms. The van der Waals surface area contributed by atoms with Crippen molar-refractivity contribution in [1.29, 1.82) is 0 Å². The van der Waals surface area contributed by atoms with E-state index in [1.165, 1.54) is 23.0 Å². The lowest BCUT2D eigenvalue weighted by atomic mass is 10.0. The summed E-state index contributed by atoms with van der Waals surface area (Å²) in [6, 6.07) is 7.03. The molecule has 0 unspecified atom stereocenters. The summed E-state index contributed by atoms with van der Waals surface area (Å²) in [5.41, 5.74) is -0.205. The predicted molar refractivity (Wildman–Crippen MR) is 125 cm³/mol. The first-order chi connectivity index (χ1) is 16.2. The summed E-state index contributed by atoms with van der Waals surface area (Å²) in [4.78, 5) is 17.3. The molecule has 1 atom stereocenters. The molecular formula is C23H26F2N4O5S. The fourth-order valence-corrected chi connectivity index (χ4v) is 6.10. The van der Waals surface area contributed by atoms with Gasteiger partial charge in [-0.1, -0.05) is 12.1 Å². The molecular weight excluding hydrogens is 482 g/mol. The smallest absolute Gasteiger partial charge is 0.387 e. The van der Waals surface area contributed by atoms with Gasteiger partial charge >= 0.3 is 6.61 Å². The number of amides is 1. The Morgan fingerprint density at radius 2 is 1.97 bits per heavy atom. The lowest BCUT2D eigenvalue weighted by Gasteiger charge is -2.38. The van der Waals surface area contributed by atoms with Crippen LogP contribution >= 0.6 is 0 Å². The Balaban J connectivity index is 1.78. The molecule has 9 nitrogen and oxygen atoms in total. The zero-order valence-corrected chi connectivity index (χ0v) is 20.4. The highest BCUT2D eigenvalue weighted by Gasteiger charge is 2.45. The van der Waals surface area contributed by atoms with Crippen LogP contribution in [0.2, 0.25) is 0 Å². The van der Waals surface area contributed by atoms with Crippen LogP contribution in [-0.4, -0.2) is 63.5 Å². The summed E-state index contributed by atoms with van der Waals surface area (Å²) in [5, 5.41) is 18.0. The summed E-state index contributed by atoms with van der Waals surface area (Å²) < 4.78 is 54.6. The SMILES string of the molecule is C[C@@H](n1nc(-c2cccc(OC(F)F)c2)c2ncc(C(=O)NC3(C)CS(=O)(=O)C3)cc21)C(C)(C)O. The number of hydrogen-bond acceptors (Lipinski definition) is 7. The molecule has 4 rings (SSSR count). The lowest BCUT2D eigenvalue weighted by Crippen LogP contribution is -2.63. The zero-order chi connectivity index (χ0) is 25.8. The minimum atomic E-state index is -3.15. The molecule has 1 aliphatic heterocycles. The number of ether oxygens (including phenoxy) is 1. The van der Waals surface area contributed by atoms with Crippen LogP contribution in [0.1, 0.15) is 44.1 Å². The monoisotopic (exact) mass is 508 g/mol. The molecule has 1 fully saturated rings. The van der Waals surface area contributed by atoms with Crippen LogP contribution in [0.4, 0.5) is 8.78 Å². The van der Waals surface area contributed by atoms with Crippen molar-refractivity contribution in [2.24, 2.45) is 0 Å². The van der Waals surface area contributed by atoms with Crippen molar-refractivity contribution < 1.29 is 31.8 Å². The van der Waals surface area contributed by atoms with Gasteiger partial charge in [0.05, 0.1) is 39.8 Å². The van der Waals surface area contributed by atoms with Gasteiger partial charge in [-0.2, -0.15) is 13.9 Å². The number of halogens is 2. The van der Waals surface area contributed by atoms with E-state index in [2.05, 4.69) is 20.1 Å². The Morgan fingerprint density at radius 1 is 1.29 bits per heavy atom. The van der Waals surface area contributed by atoms with Crippen molar-refractivity contribution in [2.45, 2.75) is 51.5 Å². The van der Waals surface area contributed by atoms with Gasteiger partial charge in [0.1, 0.15) is 17.0 Å². The first-order valence-corrected chi connectivity index (χ1v) is 12.7. The third-order valence-electron chi connectivity index (χ3n) is 6.02. The number of rotatable bonds is 7. The molecule has 0 radical (unpaired) electrons. The van der Waals surface area contributed by atoms with Gasteiger partial charge in [0.15, 0.2) is 9.84 Å². The van der Waals surface area contributed by atoms with E-state index in [1.807, 2.05) is 0 Å². The van der Waals surface area contributed by atoms with Crippen LogP contribution in [0.25, 0.3) is 22.3 Å². The molecule has 188 valence electrons. The molecule has 0 aliphatic carbocycles. The number of aromatic nitrogens is 3. The predicted octanol–water partition coefficient (Wildman–Crippen LogP) is 2.95. The van der Waals surface area contributed by atoms with Gasteiger partial charge in [-0.15, -0.1) is 0 Å². The Bertz CT molecular complexity index is 1390. The molecule has 3 aromatic rings. The second-order valence-corrected chi connectivity index (χ2v) is 11.7. The van der Waals surface area contributed by atoms with E-state index >= 15 is 0 Å². The van der Waals surface area contributed by atoms with E-state index in [9.17, 15) is 27.1 Å². The largest absolute Gasteiger partial charge is 0.435 e. The van der Waals surface area contributed by atoms with Crippen LogP contribution in [0, 0.1) is 0 Å². The topological polar surface area (TPSA) is 123 Å². The standard InChI is InChI=1S/C23H26F2N4O5S/c1-13(22(2,3)31)29-17-9-15(20(30)27-23(4)11-35(32,33)12-23)10-26-19(17)18(28-29)14-6-5-7-16(8-14)34-21(24)25/h5-10,13,21,31H,11-12H2,1-4H3,(H,27,30)/t13-/m1/s1. The Labute approximate surface area is 201 Å². The van der Waals surface area contributed by atoms with Crippen LogP contribution in [0.3, 0.4) is 0 Å². The summed E-state index contributed by atoms with van der Waals surface area (Å²) in [6.07, 6.45) is 1.35. The number of nitrogens with zero attached hydrogens (tertiary/aromatic N) is 3. The van der Waals surface area contributed by atoms with Crippen molar-refractivity contribution in [2.75, 3.05) is 11.5 Å². The van der Waals surface area contributed by atoms with E-state index in [1.54, 1.807) is 45.9 Å². The molecule has 0 bridgehead atoms. The highest BCUT2D eigenvalue weighted by Crippen LogP contribution is 2.34. The normalized spacial score (nSPS) is 17.7. The summed E-state index contributed by atoms with van der Waals surface area (Å²) >= 11 is 0. The van der Waals surface area contributed by atoms with Crippen LogP contribution in [0.15, 0.2) is 36.5 Å². The van der Waals surface area contributed by atoms with Crippen LogP contribution < -0.4 is 10.1 Å². The molecule has 2 aromatic heterocycles. The molecule has 0 spiro atoms. The van der Waals surface area contributed by atoms with Crippen molar-refractivity contribution >= 4 is 26.8 Å². The second-order valence-electron chi connectivity index (χ2n) is 9.67. The number of carbonyl (C=O) groups excluding carboxylic acids is 1. The van der Waals surface area contributed by atoms with Crippen LogP contribution in [-0.2, 0) is 9.84 Å². The minimum absolute atomic E-state index is 0.0459. The minimum Gasteiger partial charge on any atom is -0.435 e. The number of sulfone groups is 1. The summed E-state index contributed by atoms with van der Waals surface area (Å²) in [6.45, 7) is 3.65. The molecule has 1 aliphatic rings. The van der Waals surface area contributed by atoms with Crippen molar-refractivity contribution in [3.63, 3.8) is 0 Å². The number of aliphatic hydroxyl groups is 1. The molecule has 1 saturated heterocycles. The Morgan fingerprint density at radius 3 is 2.57 bits per heavy atom. The number of fused-ring (bicyclic) bond motifs is 1. The van der Waals surface area contributed by atoms with Gasteiger partial charge < -0.3 is 15.2 Å². The highest BCUT2D eigenvalue weighted by atomic mass is 32.2. The average Bonchev–Trinajstić information content (AvgIpc) is 3.09. The lowest BCUT2D eigenvalue weighted by molar-refractivity contribution is -0.0498. The Hall–Kier alpha value is -3.12. The maximum atomic E-state index is 12.9. The van der Waals surface area contributed by atoms with E-state index in [0.717, 1.165) is 0 Å². The van der Waals surface area contributed by atoms with Gasteiger partial charge in [0, 0.05) is 11.8 Å². The number of benzene rings is 1. The highest BCUT2D eigenvalue weighted by molar-refractivity contribution is 7.93. The van der Waals surface area contributed by atoms with Gasteiger partial charge in [-0.3, -0.25) is 14.5 Å². The number of carbonyl (C=O) groups is 1. The first-order valence-electron chi connectivity index (χ1n) is 10.9. The maximum absolute atomic E-state index is 12.9. The molecule has 1 amide bonds. The van der Waals surface area contributed by atoms with E-state index < -0.39 is 39.5 Å². The van der Waals surface area contributed by atoms with Crippen LogP contribution in [0.5, 0.6) is 5.75 Å². The third-order valence-corrected chi connectivity index (χ3v) is 8.18. The maximum Gasteiger partial charge on any atom is 0.387 e. The fourth-order valence-electron chi connectivity index (χ4n) is 4.10. The molecule has 35 heavy (non-hydrogen) atoms. The average molecular weight is 509 g/mol.